The molecule has 1 saturated heterocycles. The minimum Gasteiger partial charge on any atom is -0.497 e. The van der Waals surface area contributed by atoms with Gasteiger partial charge in [-0.15, -0.1) is 0 Å². The number of hydrogen-bond donors (Lipinski definition) is 2. The van der Waals surface area contributed by atoms with Gasteiger partial charge in [0.1, 0.15) is 35.4 Å². The molecule has 3 heterocycles. The summed E-state index contributed by atoms with van der Waals surface area (Å²) < 4.78 is 58.7. The van der Waals surface area contributed by atoms with Crippen LogP contribution in [0.5, 0.6) is 11.5 Å². The van der Waals surface area contributed by atoms with Gasteiger partial charge in [0.2, 0.25) is 11.9 Å². The number of aromatic nitrogens is 4. The Labute approximate surface area is 454 Å². The largest absolute Gasteiger partial charge is 0.497 e. The number of nitrogens with zero attached hydrogens (tertiary/aromatic N) is 6. The molecule has 1 unspecified atom stereocenters. The zero-order valence-electron chi connectivity index (χ0n) is 47.9. The lowest BCUT2D eigenvalue weighted by Crippen LogP contribution is -2.51. The molecule has 0 bridgehead atoms. The van der Waals surface area contributed by atoms with Gasteiger partial charge < -0.3 is 42.2 Å². The third kappa shape index (κ3) is 13.9. The first-order valence-corrected chi connectivity index (χ1v) is 33.2. The molecule has 17 nitrogen and oxygen atoms in total. The highest BCUT2D eigenvalue weighted by molar-refractivity contribution is 7.44. The van der Waals surface area contributed by atoms with E-state index in [1.54, 1.807) is 20.5 Å². The first-order chi connectivity index (χ1) is 35.8. The van der Waals surface area contributed by atoms with E-state index < -0.39 is 55.3 Å². The summed E-state index contributed by atoms with van der Waals surface area (Å²) in [6.45, 7) is 32.9. The second-order valence-electron chi connectivity index (χ2n) is 22.8. The summed E-state index contributed by atoms with van der Waals surface area (Å²) in [6, 6.07) is 28.2. The first-order valence-electron chi connectivity index (χ1n) is 26.2. The molecular weight excluding hydrogens is 1020 g/mol. The summed E-state index contributed by atoms with van der Waals surface area (Å²) in [5.74, 6) is 1.56. The van der Waals surface area contributed by atoms with Crippen molar-refractivity contribution in [2.75, 3.05) is 51.2 Å². The van der Waals surface area contributed by atoms with Crippen LogP contribution >= 0.6 is 8.53 Å². The Kier molecular flexibility index (Phi) is 20.1. The number of carbonyl (C=O) groups is 1. The van der Waals surface area contributed by atoms with Gasteiger partial charge in [-0.25, -0.2) is 9.65 Å². The van der Waals surface area contributed by atoms with Crippen LogP contribution in [0.25, 0.3) is 11.2 Å². The number of hydrogen-bond acceptors (Lipinski definition) is 15. The number of ether oxygens (including phenoxy) is 4. The van der Waals surface area contributed by atoms with Crippen LogP contribution in [0.4, 0.5) is 11.8 Å². The van der Waals surface area contributed by atoms with Crippen LogP contribution in [0, 0.1) is 11.3 Å². The third-order valence-electron chi connectivity index (χ3n) is 14.7. The fraction of sp³-hybridized carbons (Fsp3) is 0.554. The Morgan fingerprint density at radius 3 is 1.89 bits per heavy atom. The molecule has 1 amide bonds. The Morgan fingerprint density at radius 2 is 1.38 bits per heavy atom. The van der Waals surface area contributed by atoms with Crippen molar-refractivity contribution in [2.24, 2.45) is 0 Å². The number of benzene rings is 3. The van der Waals surface area contributed by atoms with Crippen LogP contribution in [-0.2, 0) is 37.8 Å². The van der Waals surface area contributed by atoms with Gasteiger partial charge in [-0.05, 0) is 105 Å². The van der Waals surface area contributed by atoms with Crippen molar-refractivity contribution in [3.05, 3.63) is 102 Å². The normalized spacial score (nSPS) is 18.1. The highest BCUT2D eigenvalue weighted by Gasteiger charge is 2.55. The highest BCUT2D eigenvalue weighted by Crippen LogP contribution is 2.53. The van der Waals surface area contributed by atoms with E-state index in [9.17, 15) is 10.1 Å². The molecular formula is C56H83N8O9PSi2. The van der Waals surface area contributed by atoms with Gasteiger partial charge >= 0.3 is 0 Å². The van der Waals surface area contributed by atoms with Crippen LogP contribution in [-0.4, -0.2) is 118 Å². The van der Waals surface area contributed by atoms with Crippen LogP contribution < -0.4 is 20.1 Å². The van der Waals surface area contributed by atoms with Crippen LogP contribution in [0.1, 0.15) is 106 Å². The number of amides is 1. The predicted octanol–water partition coefficient (Wildman–Crippen LogP) is 12.2. The number of methoxy groups -OCH3 is 2. The van der Waals surface area contributed by atoms with Crippen molar-refractivity contribution >= 4 is 54.0 Å². The third-order valence-corrected chi connectivity index (χ3v) is 25.8. The van der Waals surface area contributed by atoms with E-state index in [4.69, 9.17) is 51.8 Å². The summed E-state index contributed by atoms with van der Waals surface area (Å²) in [6.07, 6.45) is -1.55. The molecule has 0 saturated carbocycles. The van der Waals surface area contributed by atoms with Crippen molar-refractivity contribution in [1.29, 1.82) is 5.26 Å². The maximum Gasteiger partial charge on any atom is 0.259 e. The van der Waals surface area contributed by atoms with Crippen LogP contribution in [0.3, 0.4) is 0 Å². The number of nitrogens with one attached hydrogen (secondary N) is 2. The fourth-order valence-electron chi connectivity index (χ4n) is 8.65. The van der Waals surface area contributed by atoms with Crippen LogP contribution in [0.15, 0.2) is 85.2 Å². The maximum absolute atomic E-state index is 12.7. The van der Waals surface area contributed by atoms with Crippen molar-refractivity contribution in [3.8, 4) is 17.6 Å². The summed E-state index contributed by atoms with van der Waals surface area (Å²) in [4.78, 5) is 27.4. The topological polar surface area (TPSA) is 186 Å². The molecule has 1 aliphatic heterocycles. The average Bonchev–Trinajstić information content (AvgIpc) is 3.94. The van der Waals surface area contributed by atoms with Gasteiger partial charge in [0, 0.05) is 25.6 Å². The summed E-state index contributed by atoms with van der Waals surface area (Å²) in [7, 11) is -3.32. The molecule has 6 rings (SSSR count). The van der Waals surface area contributed by atoms with Gasteiger partial charge in [-0.1, -0.05) is 96.1 Å². The van der Waals surface area contributed by atoms with Crippen molar-refractivity contribution in [1.82, 2.24) is 24.2 Å². The van der Waals surface area contributed by atoms with Crippen molar-refractivity contribution in [2.45, 2.75) is 161 Å². The minimum atomic E-state index is -2.69. The molecule has 5 atom stereocenters. The van der Waals surface area contributed by atoms with Gasteiger partial charge in [-0.2, -0.15) is 15.2 Å². The van der Waals surface area contributed by atoms with Crippen molar-refractivity contribution in [3.63, 3.8) is 0 Å². The molecule has 2 N–H and O–H groups in total. The SMILES string of the molecule is COc1ccc(C(OC[C@H]2O[C@@H](n3cnc4c(NCCO[Si](C)(C)C(C)(C)C)nc(NC(C)=O)nc43)[C@H](OP(OCCC#N)N(C(C)C)C(C)C)[C@@H]2O[Si](C)(C)C(C)(C)C)(c2ccccc2)c2ccc(OC)cc2)cc1. The van der Waals surface area contributed by atoms with E-state index in [-0.39, 0.29) is 53.7 Å². The molecule has 1 fully saturated rings. The molecule has 3 aromatic carbocycles. The predicted molar refractivity (Wildman–Crippen MR) is 306 cm³/mol. The quantitative estimate of drug-likeness (QED) is 0.0243. The number of anilines is 2. The van der Waals surface area contributed by atoms with Gasteiger partial charge in [0.25, 0.3) is 8.53 Å². The zero-order valence-corrected chi connectivity index (χ0v) is 50.8. The van der Waals surface area contributed by atoms with E-state index >= 15 is 0 Å². The van der Waals surface area contributed by atoms with Crippen LogP contribution in [0.2, 0.25) is 36.3 Å². The Morgan fingerprint density at radius 1 is 0.816 bits per heavy atom. The van der Waals surface area contributed by atoms with Crippen molar-refractivity contribution < 1.29 is 41.6 Å². The summed E-state index contributed by atoms with van der Waals surface area (Å²) in [5.41, 5.74) is 2.22. The van der Waals surface area contributed by atoms with E-state index in [1.165, 1.54) is 6.92 Å². The van der Waals surface area contributed by atoms with Gasteiger partial charge in [0.05, 0.1) is 52.9 Å². The Balaban J connectivity index is 1.57. The lowest BCUT2D eigenvalue weighted by molar-refractivity contribution is -0.114. The summed E-state index contributed by atoms with van der Waals surface area (Å²) in [5, 5.41) is 15.8. The van der Waals surface area contributed by atoms with E-state index in [0.29, 0.717) is 41.6 Å². The van der Waals surface area contributed by atoms with Gasteiger partial charge in [0.15, 0.2) is 39.8 Å². The fourth-order valence-corrected chi connectivity index (χ4v) is 12.8. The maximum atomic E-state index is 12.7. The molecule has 0 radical (unpaired) electrons. The first kappa shape index (κ1) is 60.4. The molecule has 0 spiro atoms. The Hall–Kier alpha value is -4.85. The molecule has 0 aliphatic carbocycles. The van der Waals surface area contributed by atoms with Gasteiger partial charge in [-0.3, -0.25) is 14.7 Å². The number of rotatable bonds is 25. The Bertz CT molecular complexity index is 2650. The summed E-state index contributed by atoms with van der Waals surface area (Å²) >= 11 is 0. The molecule has 5 aromatic rings. The van der Waals surface area contributed by atoms with E-state index in [0.717, 1.165) is 16.7 Å². The average molecular weight is 1100 g/mol. The standard InChI is InChI=1S/C56H83N8O9PSi2/c1-38(2)64(39(3)4)74(69-34-21-32-57)72-49-48(73-76(16,17)55(9,10)11)46(36-68-56(41-22-19-18-20-23-41,42-24-28-44(66-12)29-25-42)43-26-30-45(67-13)31-27-43)71-52(49)63-37-59-47-50(61-53(60-40(5)65)62-51(47)63)58-33-35-70-75(14,15)54(6,7)8/h18-20,22-31,37-39,46,48-49,52H,21,33-36H2,1-17H3,(H2,58,60,61,62,65)/t46-,48-,49-,52-,74?/m1/s1. The molecule has 414 valence electrons. The van der Waals surface area contributed by atoms with E-state index in [1.807, 2.05) is 71.3 Å². The molecule has 2 aromatic heterocycles. The second-order valence-corrected chi connectivity index (χ2v) is 33.7. The molecule has 76 heavy (non-hydrogen) atoms. The van der Waals surface area contributed by atoms with E-state index in [2.05, 4.69) is 129 Å². The number of fused-ring (bicyclic) bond motifs is 1. The number of nitriles is 1. The smallest absolute Gasteiger partial charge is 0.259 e. The molecule has 20 heteroatoms. The number of carbonyl (C=O) groups excluding carboxylic acids is 1. The zero-order chi connectivity index (χ0) is 55.8. The number of imidazole rings is 1. The minimum absolute atomic E-state index is 0.00762. The lowest BCUT2D eigenvalue weighted by atomic mass is 9.80. The molecule has 1 aliphatic rings. The lowest BCUT2D eigenvalue weighted by Gasteiger charge is -2.43. The highest BCUT2D eigenvalue weighted by atomic mass is 31.2. The second kappa shape index (κ2) is 25.3. The monoisotopic (exact) mass is 1100 g/mol.